The van der Waals surface area contributed by atoms with Crippen LogP contribution in [0.1, 0.15) is 29.2 Å². The lowest BCUT2D eigenvalue weighted by atomic mass is 9.96. The van der Waals surface area contributed by atoms with Crippen molar-refractivity contribution < 1.29 is 27.6 Å². The van der Waals surface area contributed by atoms with E-state index in [1.807, 2.05) is 42.5 Å². The SMILES string of the molecule is CC(C)(C)OC(=O)n1c([B]O)cc2c(OCc3ccccc3)cccc21.O.[HH].[HH]. The number of aromatic nitrogens is 1. The summed E-state index contributed by atoms with van der Waals surface area (Å²) in [6, 6.07) is 17.0. The Morgan fingerprint density at radius 3 is 2.48 bits per heavy atom. The molecule has 145 valence electrons. The summed E-state index contributed by atoms with van der Waals surface area (Å²) in [7, 11) is 0.894. The zero-order valence-electron chi connectivity index (χ0n) is 15.6. The summed E-state index contributed by atoms with van der Waals surface area (Å²) in [4.78, 5) is 12.6. The molecule has 1 heterocycles. The van der Waals surface area contributed by atoms with E-state index in [0.29, 0.717) is 23.5 Å². The highest BCUT2D eigenvalue weighted by atomic mass is 16.6. The average Bonchev–Trinajstić information content (AvgIpc) is 2.98. The maximum Gasteiger partial charge on any atom is 0.418 e. The summed E-state index contributed by atoms with van der Waals surface area (Å²) in [5, 5.41) is 10.3. The highest BCUT2D eigenvalue weighted by Gasteiger charge is 2.23. The predicted octanol–water partition coefficient (Wildman–Crippen LogP) is 2.91. The van der Waals surface area contributed by atoms with Crippen LogP contribution >= 0.6 is 0 Å². The predicted molar refractivity (Wildman–Crippen MR) is 110 cm³/mol. The number of hydrogen-bond donors (Lipinski definition) is 1. The molecule has 7 heteroatoms. The van der Waals surface area contributed by atoms with Crippen molar-refractivity contribution >= 4 is 30.1 Å². The van der Waals surface area contributed by atoms with Crippen molar-refractivity contribution in [2.24, 2.45) is 0 Å². The minimum atomic E-state index is -0.637. The van der Waals surface area contributed by atoms with Crippen molar-refractivity contribution in [1.82, 2.24) is 4.57 Å². The summed E-state index contributed by atoms with van der Waals surface area (Å²) >= 11 is 0. The summed E-state index contributed by atoms with van der Waals surface area (Å²) < 4.78 is 12.7. The first-order valence-corrected chi connectivity index (χ1v) is 8.41. The zero-order chi connectivity index (χ0) is 18.7. The zero-order valence-corrected chi connectivity index (χ0v) is 15.6. The number of carbonyl (C=O) groups excluding carboxylic acids is 1. The van der Waals surface area contributed by atoms with Crippen LogP contribution in [0.2, 0.25) is 0 Å². The second kappa shape index (κ2) is 8.29. The van der Waals surface area contributed by atoms with E-state index in [9.17, 15) is 9.82 Å². The molecule has 3 N–H and O–H groups in total. The number of fused-ring (bicyclic) bond motifs is 1. The average molecular weight is 372 g/mol. The second-order valence-corrected chi connectivity index (χ2v) is 6.98. The lowest BCUT2D eigenvalue weighted by molar-refractivity contribution is 0.0549. The third-order valence-electron chi connectivity index (χ3n) is 3.78. The van der Waals surface area contributed by atoms with Crippen LogP contribution in [0.4, 0.5) is 4.79 Å². The Labute approximate surface area is 161 Å². The third-order valence-corrected chi connectivity index (χ3v) is 3.78. The molecule has 0 fully saturated rings. The maximum atomic E-state index is 12.6. The standard InChI is InChI=1S/C20H21BNO4.H2O.2H2/c1-20(2,3)26-19(23)22-16-10-7-11-17(15(16)12-18(22)21-24)25-13-14-8-5-4-6-9-14;;;/h4-12,24H,13H2,1-3H3;1H2;2*1H. The maximum absolute atomic E-state index is 12.6. The first-order chi connectivity index (χ1) is 12.4. The molecule has 0 unspecified atom stereocenters. The molecular formula is C20H27BNO5. The molecule has 0 atom stereocenters. The first kappa shape index (κ1) is 20.5. The Morgan fingerprint density at radius 2 is 1.85 bits per heavy atom. The highest BCUT2D eigenvalue weighted by molar-refractivity contribution is 6.46. The molecule has 3 aromatic rings. The summed E-state index contributed by atoms with van der Waals surface area (Å²) in [5.74, 6) is 0.636. The molecule has 0 saturated carbocycles. The van der Waals surface area contributed by atoms with Gasteiger partial charge in [-0.05, 0) is 44.5 Å². The van der Waals surface area contributed by atoms with Crippen LogP contribution in [0.15, 0.2) is 54.6 Å². The molecule has 0 saturated heterocycles. The topological polar surface area (TPSA) is 92.2 Å². The van der Waals surface area contributed by atoms with E-state index < -0.39 is 11.7 Å². The summed E-state index contributed by atoms with van der Waals surface area (Å²) in [6.45, 7) is 5.81. The van der Waals surface area contributed by atoms with Gasteiger partial charge in [0.05, 0.1) is 5.52 Å². The fraction of sp³-hybridized carbons (Fsp3) is 0.250. The molecule has 0 aliphatic heterocycles. The van der Waals surface area contributed by atoms with E-state index in [1.165, 1.54) is 4.57 Å². The first-order valence-electron chi connectivity index (χ1n) is 8.41. The minimum absolute atomic E-state index is 0. The molecule has 3 rings (SSSR count). The van der Waals surface area contributed by atoms with Crippen molar-refractivity contribution in [3.63, 3.8) is 0 Å². The van der Waals surface area contributed by atoms with Gasteiger partial charge in [0, 0.05) is 13.8 Å². The number of carbonyl (C=O) groups is 1. The third kappa shape index (κ3) is 4.70. The van der Waals surface area contributed by atoms with Crippen LogP contribution in [0.3, 0.4) is 0 Å². The van der Waals surface area contributed by atoms with Crippen molar-refractivity contribution in [3.05, 3.63) is 60.2 Å². The van der Waals surface area contributed by atoms with Gasteiger partial charge in [-0.3, -0.25) is 4.57 Å². The minimum Gasteiger partial charge on any atom is -0.488 e. The van der Waals surface area contributed by atoms with Gasteiger partial charge < -0.3 is 20.0 Å². The lowest BCUT2D eigenvalue weighted by Crippen LogP contribution is -2.34. The van der Waals surface area contributed by atoms with Gasteiger partial charge in [0.15, 0.2) is 0 Å². The number of ether oxygens (including phenoxy) is 2. The fourth-order valence-electron chi connectivity index (χ4n) is 2.69. The number of hydrogen-bond acceptors (Lipinski definition) is 4. The lowest BCUT2D eigenvalue weighted by Gasteiger charge is -2.20. The van der Waals surface area contributed by atoms with Crippen molar-refractivity contribution in [2.45, 2.75) is 33.0 Å². The molecule has 2 aromatic carbocycles. The Bertz CT molecular complexity index is 926. The van der Waals surface area contributed by atoms with E-state index in [0.717, 1.165) is 18.4 Å². The van der Waals surface area contributed by atoms with Gasteiger partial charge in [0.2, 0.25) is 0 Å². The van der Waals surface area contributed by atoms with Gasteiger partial charge in [0.25, 0.3) is 0 Å². The molecule has 0 aliphatic carbocycles. The molecule has 0 amide bonds. The van der Waals surface area contributed by atoms with E-state index in [1.54, 1.807) is 32.9 Å². The van der Waals surface area contributed by atoms with E-state index >= 15 is 0 Å². The van der Waals surface area contributed by atoms with Crippen LogP contribution in [-0.4, -0.2) is 34.2 Å². The molecule has 1 aromatic heterocycles. The van der Waals surface area contributed by atoms with Gasteiger partial charge in [-0.1, -0.05) is 36.4 Å². The van der Waals surface area contributed by atoms with Crippen LogP contribution in [0.5, 0.6) is 5.75 Å². The van der Waals surface area contributed by atoms with Crippen LogP contribution in [0.25, 0.3) is 10.9 Å². The van der Waals surface area contributed by atoms with Crippen LogP contribution < -0.4 is 10.3 Å². The summed E-state index contributed by atoms with van der Waals surface area (Å²) in [6.07, 6.45) is -0.548. The smallest absolute Gasteiger partial charge is 0.418 e. The van der Waals surface area contributed by atoms with Crippen LogP contribution in [0, 0.1) is 0 Å². The normalized spacial score (nSPS) is 11.0. The van der Waals surface area contributed by atoms with Crippen molar-refractivity contribution in [1.29, 1.82) is 0 Å². The Hall–Kier alpha value is -2.77. The van der Waals surface area contributed by atoms with Gasteiger partial charge in [-0.2, -0.15) is 0 Å². The van der Waals surface area contributed by atoms with Gasteiger partial charge in [-0.15, -0.1) is 0 Å². The molecule has 0 spiro atoms. The van der Waals surface area contributed by atoms with Gasteiger partial charge in [-0.25, -0.2) is 4.79 Å². The molecule has 27 heavy (non-hydrogen) atoms. The largest absolute Gasteiger partial charge is 0.488 e. The number of rotatable bonds is 4. The summed E-state index contributed by atoms with van der Waals surface area (Å²) in [5.41, 5.74) is 1.36. The highest BCUT2D eigenvalue weighted by Crippen LogP contribution is 2.27. The van der Waals surface area contributed by atoms with Crippen molar-refractivity contribution in [3.8, 4) is 5.75 Å². The molecule has 0 bridgehead atoms. The van der Waals surface area contributed by atoms with E-state index in [-0.39, 0.29) is 8.33 Å². The number of nitrogens with zero attached hydrogens (tertiary/aromatic N) is 1. The van der Waals surface area contributed by atoms with Crippen LogP contribution in [-0.2, 0) is 11.3 Å². The molecule has 0 aliphatic rings. The fourth-order valence-corrected chi connectivity index (χ4v) is 2.69. The monoisotopic (exact) mass is 372 g/mol. The quantitative estimate of drug-likeness (QED) is 0.713. The Kier molecular flexibility index (Phi) is 6.30. The molecule has 6 nitrogen and oxygen atoms in total. The van der Waals surface area contributed by atoms with Gasteiger partial charge >= 0.3 is 13.6 Å². The van der Waals surface area contributed by atoms with E-state index in [2.05, 4.69) is 0 Å². The van der Waals surface area contributed by atoms with E-state index in [4.69, 9.17) is 9.47 Å². The second-order valence-electron chi connectivity index (χ2n) is 6.98. The molecule has 1 radical (unpaired) electrons. The number of benzene rings is 2. The Balaban J connectivity index is 0.00000261. The van der Waals surface area contributed by atoms with Gasteiger partial charge in [0.1, 0.15) is 18.0 Å². The molecular weight excluding hydrogens is 345 g/mol. The van der Waals surface area contributed by atoms with Crippen molar-refractivity contribution in [2.75, 3.05) is 0 Å². The Morgan fingerprint density at radius 1 is 1.15 bits per heavy atom.